The average Bonchev–Trinajstić information content (AvgIpc) is 2.59. The van der Waals surface area contributed by atoms with Crippen molar-refractivity contribution in [2.45, 2.75) is 32.4 Å². The maximum atomic E-state index is 12.4. The molecule has 3 rings (SSSR count). The minimum Gasteiger partial charge on any atom is -0.481 e. The Hall–Kier alpha value is -2.14. The minimum atomic E-state index is 0.0984. The van der Waals surface area contributed by atoms with Gasteiger partial charge in [0, 0.05) is 30.0 Å². The Labute approximate surface area is 136 Å². The number of rotatable bonds is 4. The Balaban J connectivity index is 1.74. The van der Waals surface area contributed by atoms with Crippen LogP contribution in [0.15, 0.2) is 30.3 Å². The number of pyridine rings is 1. The first-order valence-electron chi connectivity index (χ1n) is 8.11. The van der Waals surface area contributed by atoms with E-state index >= 15 is 0 Å². The Kier molecular flexibility index (Phi) is 4.76. The summed E-state index contributed by atoms with van der Waals surface area (Å²) in [6.07, 6.45) is 1.79. The largest absolute Gasteiger partial charge is 0.481 e. The van der Waals surface area contributed by atoms with E-state index in [0.717, 1.165) is 35.9 Å². The molecule has 2 N–H and O–H groups in total. The number of piperidine rings is 1. The number of hydrogen-bond donors (Lipinski definition) is 2. The van der Waals surface area contributed by atoms with Crippen molar-refractivity contribution in [3.8, 4) is 5.88 Å². The third-order valence-corrected chi connectivity index (χ3v) is 4.44. The zero-order valence-corrected chi connectivity index (χ0v) is 13.6. The normalized spacial score (nSPS) is 21.1. The zero-order chi connectivity index (χ0) is 16.2. The van der Waals surface area contributed by atoms with Gasteiger partial charge in [-0.2, -0.15) is 0 Å². The predicted octanol–water partition coefficient (Wildman–Crippen LogP) is 2.25. The summed E-state index contributed by atoms with van der Waals surface area (Å²) < 4.78 is 5.27. The highest BCUT2D eigenvalue weighted by atomic mass is 16.5. The Morgan fingerprint density at radius 1 is 1.43 bits per heavy atom. The molecule has 0 radical (unpaired) electrons. The monoisotopic (exact) mass is 313 g/mol. The predicted molar refractivity (Wildman–Crippen MR) is 90.3 cm³/mol. The summed E-state index contributed by atoms with van der Waals surface area (Å²) in [4.78, 5) is 16.9. The molecule has 0 unspecified atom stereocenters. The summed E-state index contributed by atoms with van der Waals surface area (Å²) in [5, 5.41) is 7.51. The molecule has 1 amide bonds. The minimum absolute atomic E-state index is 0.0984. The quantitative estimate of drug-likeness (QED) is 0.909. The lowest BCUT2D eigenvalue weighted by atomic mass is 9.92. The zero-order valence-electron chi connectivity index (χ0n) is 13.6. The number of amides is 1. The molecule has 0 saturated carbocycles. The van der Waals surface area contributed by atoms with Crippen LogP contribution in [0.2, 0.25) is 0 Å². The van der Waals surface area contributed by atoms with E-state index < -0.39 is 0 Å². The highest BCUT2D eigenvalue weighted by Gasteiger charge is 2.24. The van der Waals surface area contributed by atoms with Crippen LogP contribution in [-0.4, -0.2) is 30.6 Å². The maximum Gasteiger partial charge on any atom is 0.223 e. The van der Waals surface area contributed by atoms with Crippen LogP contribution < -0.4 is 15.4 Å². The standard InChI is InChI=1S/C18H23N3O2/c1-12-9-13(7-8-19-12)18(22)20-11-14-10-17(23-2)21-16-6-4-3-5-15(14)16/h3-6,10,12-13,19H,7-9,11H2,1-2H3,(H,20,22)/t12-,13-/m0/s1. The molecule has 5 heteroatoms. The molecule has 1 fully saturated rings. The molecular formula is C18H23N3O2. The SMILES string of the molecule is COc1cc(CNC(=O)[C@H]2CCN[C@@H](C)C2)c2ccccc2n1. The van der Waals surface area contributed by atoms with Crippen molar-refractivity contribution in [2.24, 2.45) is 5.92 Å². The number of nitrogens with zero attached hydrogens (tertiary/aromatic N) is 1. The number of methoxy groups -OCH3 is 1. The molecule has 1 aliphatic rings. The van der Waals surface area contributed by atoms with Gasteiger partial charge >= 0.3 is 0 Å². The van der Waals surface area contributed by atoms with Gasteiger partial charge < -0.3 is 15.4 Å². The Morgan fingerprint density at radius 3 is 3.04 bits per heavy atom. The van der Waals surface area contributed by atoms with E-state index in [2.05, 4.69) is 22.5 Å². The third kappa shape index (κ3) is 3.62. The van der Waals surface area contributed by atoms with Crippen molar-refractivity contribution in [1.82, 2.24) is 15.6 Å². The van der Waals surface area contributed by atoms with E-state index in [1.165, 1.54) is 0 Å². The number of ether oxygens (including phenoxy) is 1. The molecular weight excluding hydrogens is 290 g/mol. The number of fused-ring (bicyclic) bond motifs is 1. The summed E-state index contributed by atoms with van der Waals surface area (Å²) in [7, 11) is 1.61. The van der Waals surface area contributed by atoms with E-state index in [1.54, 1.807) is 7.11 Å². The fourth-order valence-electron chi connectivity index (χ4n) is 3.17. The van der Waals surface area contributed by atoms with Crippen LogP contribution in [0.25, 0.3) is 10.9 Å². The van der Waals surface area contributed by atoms with Crippen molar-refractivity contribution >= 4 is 16.8 Å². The van der Waals surface area contributed by atoms with E-state index in [4.69, 9.17) is 4.74 Å². The van der Waals surface area contributed by atoms with E-state index in [-0.39, 0.29) is 11.8 Å². The first-order valence-corrected chi connectivity index (χ1v) is 8.11. The lowest BCUT2D eigenvalue weighted by Gasteiger charge is -2.27. The van der Waals surface area contributed by atoms with E-state index in [9.17, 15) is 4.79 Å². The van der Waals surface area contributed by atoms with Gasteiger partial charge in [0.2, 0.25) is 11.8 Å². The van der Waals surface area contributed by atoms with Crippen LogP contribution in [0.5, 0.6) is 5.88 Å². The molecule has 2 atom stereocenters. The first-order chi connectivity index (χ1) is 11.2. The van der Waals surface area contributed by atoms with Gasteiger partial charge in [-0.15, -0.1) is 0 Å². The molecule has 0 bridgehead atoms. The number of aromatic nitrogens is 1. The van der Waals surface area contributed by atoms with Gasteiger partial charge in [0.1, 0.15) is 0 Å². The van der Waals surface area contributed by atoms with Crippen LogP contribution in [0.3, 0.4) is 0 Å². The summed E-state index contributed by atoms with van der Waals surface area (Å²) in [5.41, 5.74) is 1.91. The number of carbonyl (C=O) groups excluding carboxylic acids is 1. The van der Waals surface area contributed by atoms with Gasteiger partial charge in [-0.25, -0.2) is 4.98 Å². The molecule has 122 valence electrons. The fourth-order valence-corrected chi connectivity index (χ4v) is 3.17. The summed E-state index contributed by atoms with van der Waals surface area (Å²) in [6.45, 7) is 3.53. The number of benzene rings is 1. The fraction of sp³-hybridized carbons (Fsp3) is 0.444. The van der Waals surface area contributed by atoms with Crippen LogP contribution in [0, 0.1) is 5.92 Å². The maximum absolute atomic E-state index is 12.4. The Bertz CT molecular complexity index is 702. The molecule has 1 saturated heterocycles. The van der Waals surface area contributed by atoms with Gasteiger partial charge in [-0.1, -0.05) is 18.2 Å². The molecule has 23 heavy (non-hydrogen) atoms. The van der Waals surface area contributed by atoms with Gasteiger partial charge in [0.25, 0.3) is 0 Å². The number of carbonyl (C=O) groups is 1. The smallest absolute Gasteiger partial charge is 0.223 e. The molecule has 2 aromatic rings. The summed E-state index contributed by atoms with van der Waals surface area (Å²) in [6, 6.07) is 10.2. The van der Waals surface area contributed by atoms with Gasteiger partial charge in [-0.3, -0.25) is 4.79 Å². The van der Waals surface area contributed by atoms with Crippen molar-refractivity contribution < 1.29 is 9.53 Å². The second-order valence-corrected chi connectivity index (χ2v) is 6.14. The van der Waals surface area contributed by atoms with Gasteiger partial charge in [0.15, 0.2) is 0 Å². The van der Waals surface area contributed by atoms with Crippen molar-refractivity contribution in [3.05, 3.63) is 35.9 Å². The lowest BCUT2D eigenvalue weighted by Crippen LogP contribution is -2.42. The number of nitrogens with one attached hydrogen (secondary N) is 2. The van der Waals surface area contributed by atoms with Crippen LogP contribution >= 0.6 is 0 Å². The second kappa shape index (κ2) is 6.96. The van der Waals surface area contributed by atoms with E-state index in [0.29, 0.717) is 18.5 Å². The molecule has 1 aromatic carbocycles. The van der Waals surface area contributed by atoms with Crippen molar-refractivity contribution in [2.75, 3.05) is 13.7 Å². The van der Waals surface area contributed by atoms with Gasteiger partial charge in [0.05, 0.1) is 12.6 Å². The molecule has 1 aliphatic heterocycles. The second-order valence-electron chi connectivity index (χ2n) is 6.14. The highest BCUT2D eigenvalue weighted by molar-refractivity contribution is 5.84. The first kappa shape index (κ1) is 15.7. The summed E-state index contributed by atoms with van der Waals surface area (Å²) in [5.74, 6) is 0.808. The number of hydrogen-bond acceptors (Lipinski definition) is 4. The van der Waals surface area contributed by atoms with E-state index in [1.807, 2.05) is 30.3 Å². The summed E-state index contributed by atoms with van der Waals surface area (Å²) >= 11 is 0. The topological polar surface area (TPSA) is 63.2 Å². The highest BCUT2D eigenvalue weighted by Crippen LogP contribution is 2.22. The van der Waals surface area contributed by atoms with Crippen LogP contribution in [0.4, 0.5) is 0 Å². The average molecular weight is 313 g/mol. The molecule has 0 aliphatic carbocycles. The molecule has 5 nitrogen and oxygen atoms in total. The molecule has 0 spiro atoms. The lowest BCUT2D eigenvalue weighted by molar-refractivity contribution is -0.126. The molecule has 2 heterocycles. The van der Waals surface area contributed by atoms with Crippen molar-refractivity contribution in [3.63, 3.8) is 0 Å². The third-order valence-electron chi connectivity index (χ3n) is 4.44. The molecule has 1 aromatic heterocycles. The Morgan fingerprint density at radius 2 is 2.26 bits per heavy atom. The number of para-hydroxylation sites is 1. The van der Waals surface area contributed by atoms with Crippen LogP contribution in [-0.2, 0) is 11.3 Å². The van der Waals surface area contributed by atoms with Gasteiger partial charge in [-0.05, 0) is 37.9 Å². The van der Waals surface area contributed by atoms with Crippen LogP contribution in [0.1, 0.15) is 25.3 Å². The van der Waals surface area contributed by atoms with Crippen molar-refractivity contribution in [1.29, 1.82) is 0 Å².